The third-order valence-corrected chi connectivity index (χ3v) is 5.16. The van der Waals surface area contributed by atoms with E-state index < -0.39 is 0 Å². The lowest BCUT2D eigenvalue weighted by atomic mass is 10.1. The Morgan fingerprint density at radius 2 is 1.57 bits per heavy atom. The van der Waals surface area contributed by atoms with Gasteiger partial charge in [0.2, 0.25) is 0 Å². The highest BCUT2D eigenvalue weighted by Crippen LogP contribution is 2.40. The summed E-state index contributed by atoms with van der Waals surface area (Å²) in [6.07, 6.45) is 3.33. The molecule has 0 aliphatic rings. The summed E-state index contributed by atoms with van der Waals surface area (Å²) >= 11 is 1.81. The van der Waals surface area contributed by atoms with E-state index in [1.54, 1.807) is 0 Å². The molecule has 3 rings (SSSR count). The second-order valence-electron chi connectivity index (χ2n) is 5.69. The zero-order chi connectivity index (χ0) is 16.1. The minimum absolute atomic E-state index is 0.999. The van der Waals surface area contributed by atoms with E-state index in [1.165, 1.54) is 21.8 Å². The van der Waals surface area contributed by atoms with Crippen LogP contribution in [-0.2, 0) is 6.42 Å². The fourth-order valence-electron chi connectivity index (χ4n) is 2.67. The summed E-state index contributed by atoms with van der Waals surface area (Å²) in [5.41, 5.74) is 2.40. The van der Waals surface area contributed by atoms with Crippen LogP contribution in [0, 0.1) is 6.92 Å². The molecule has 0 aliphatic carbocycles. The number of rotatable bonds is 6. The van der Waals surface area contributed by atoms with Crippen LogP contribution >= 0.6 is 11.8 Å². The maximum Gasteiger partial charge on any atom is 0.138 e. The van der Waals surface area contributed by atoms with Gasteiger partial charge in [-0.15, -0.1) is 0 Å². The molecule has 0 aliphatic heterocycles. The Morgan fingerprint density at radius 1 is 0.913 bits per heavy atom. The van der Waals surface area contributed by atoms with E-state index in [0.717, 1.165) is 29.9 Å². The molecule has 1 heterocycles. The molecule has 0 spiro atoms. The summed E-state index contributed by atoms with van der Waals surface area (Å²) in [4.78, 5) is 2.54. The molecule has 118 valence electrons. The summed E-state index contributed by atoms with van der Waals surface area (Å²) in [6.45, 7) is 4.39. The van der Waals surface area contributed by atoms with Gasteiger partial charge < -0.3 is 4.42 Å². The lowest BCUT2D eigenvalue weighted by Crippen LogP contribution is -1.85. The van der Waals surface area contributed by atoms with Crippen LogP contribution in [-0.4, -0.2) is 0 Å². The monoisotopic (exact) mass is 322 g/mol. The molecule has 2 aromatic carbocycles. The third-order valence-electron chi connectivity index (χ3n) is 3.92. The molecule has 23 heavy (non-hydrogen) atoms. The molecular weight excluding hydrogens is 300 g/mol. The lowest BCUT2D eigenvalue weighted by molar-refractivity contribution is 0.503. The first-order valence-corrected chi connectivity index (χ1v) is 9.02. The van der Waals surface area contributed by atoms with E-state index >= 15 is 0 Å². The van der Waals surface area contributed by atoms with Gasteiger partial charge in [-0.2, -0.15) is 0 Å². The van der Waals surface area contributed by atoms with Gasteiger partial charge in [-0.3, -0.25) is 0 Å². The molecule has 1 nitrogen and oxygen atoms in total. The van der Waals surface area contributed by atoms with Crippen LogP contribution < -0.4 is 0 Å². The fraction of sp³-hybridized carbons (Fsp3) is 0.238. The highest BCUT2D eigenvalue weighted by atomic mass is 32.2. The van der Waals surface area contributed by atoms with Gasteiger partial charge in [-0.05, 0) is 25.5 Å². The quantitative estimate of drug-likeness (QED) is 0.498. The second kappa shape index (κ2) is 7.56. The molecule has 0 saturated heterocycles. The maximum atomic E-state index is 6.29. The van der Waals surface area contributed by atoms with E-state index in [9.17, 15) is 0 Å². The normalized spacial score (nSPS) is 10.9. The second-order valence-corrected chi connectivity index (χ2v) is 6.78. The van der Waals surface area contributed by atoms with Gasteiger partial charge in [-0.1, -0.05) is 73.6 Å². The average molecular weight is 322 g/mol. The number of unbranched alkanes of at least 4 members (excludes halogenated alkanes) is 1. The van der Waals surface area contributed by atoms with Crippen molar-refractivity contribution in [3.63, 3.8) is 0 Å². The Labute approximate surface area is 142 Å². The molecule has 0 N–H and O–H groups in total. The van der Waals surface area contributed by atoms with Gasteiger partial charge in [0.25, 0.3) is 0 Å². The van der Waals surface area contributed by atoms with Gasteiger partial charge in [0, 0.05) is 22.4 Å². The van der Waals surface area contributed by atoms with Crippen LogP contribution in [0.5, 0.6) is 0 Å². The molecule has 0 saturated carbocycles. The molecule has 0 unspecified atom stereocenters. The zero-order valence-corrected chi connectivity index (χ0v) is 14.5. The Kier molecular flexibility index (Phi) is 5.24. The Balaban J connectivity index is 2.00. The van der Waals surface area contributed by atoms with E-state index in [-0.39, 0.29) is 0 Å². The third kappa shape index (κ3) is 3.70. The van der Waals surface area contributed by atoms with Gasteiger partial charge in [-0.25, -0.2) is 0 Å². The first-order chi connectivity index (χ1) is 11.3. The van der Waals surface area contributed by atoms with Crippen molar-refractivity contribution in [2.45, 2.75) is 42.9 Å². The molecule has 0 bridgehead atoms. The van der Waals surface area contributed by atoms with Crippen molar-refractivity contribution < 1.29 is 4.42 Å². The van der Waals surface area contributed by atoms with Crippen molar-refractivity contribution in [2.24, 2.45) is 0 Å². The van der Waals surface area contributed by atoms with Crippen molar-refractivity contribution in [3.8, 4) is 11.3 Å². The SMILES string of the molecule is CCCCc1oc(-c2ccccc2)c(C)c1Sc1ccccc1. The first-order valence-electron chi connectivity index (χ1n) is 8.20. The summed E-state index contributed by atoms with van der Waals surface area (Å²) in [5.74, 6) is 2.13. The van der Waals surface area contributed by atoms with Crippen molar-refractivity contribution in [3.05, 3.63) is 72.0 Å². The van der Waals surface area contributed by atoms with E-state index in [4.69, 9.17) is 4.42 Å². The smallest absolute Gasteiger partial charge is 0.138 e. The van der Waals surface area contributed by atoms with E-state index in [1.807, 2.05) is 17.8 Å². The van der Waals surface area contributed by atoms with Crippen LogP contribution in [0.4, 0.5) is 0 Å². The standard InChI is InChI=1S/C21H22OS/c1-3-4-15-19-21(23-18-13-9-6-10-14-18)16(2)20(22-19)17-11-7-5-8-12-17/h5-14H,3-4,15H2,1-2H3. The van der Waals surface area contributed by atoms with Gasteiger partial charge >= 0.3 is 0 Å². The van der Waals surface area contributed by atoms with Crippen molar-refractivity contribution >= 4 is 11.8 Å². The van der Waals surface area contributed by atoms with Crippen LogP contribution in [0.25, 0.3) is 11.3 Å². The van der Waals surface area contributed by atoms with Gasteiger partial charge in [0.05, 0.1) is 4.90 Å². The number of furan rings is 1. The topological polar surface area (TPSA) is 13.1 Å². The summed E-state index contributed by atoms with van der Waals surface area (Å²) in [7, 11) is 0. The Bertz CT molecular complexity index is 744. The summed E-state index contributed by atoms with van der Waals surface area (Å²) < 4.78 is 6.29. The molecule has 1 aromatic heterocycles. The zero-order valence-electron chi connectivity index (χ0n) is 13.7. The molecule has 0 fully saturated rings. The highest BCUT2D eigenvalue weighted by molar-refractivity contribution is 7.99. The van der Waals surface area contributed by atoms with Gasteiger partial charge in [0.15, 0.2) is 0 Å². The number of aryl methyl sites for hydroxylation is 1. The van der Waals surface area contributed by atoms with Crippen molar-refractivity contribution in [2.75, 3.05) is 0 Å². The van der Waals surface area contributed by atoms with Crippen LogP contribution in [0.15, 0.2) is 74.9 Å². The van der Waals surface area contributed by atoms with Crippen LogP contribution in [0.3, 0.4) is 0 Å². The summed E-state index contributed by atoms with van der Waals surface area (Å²) in [6, 6.07) is 20.9. The molecule has 0 amide bonds. The van der Waals surface area contributed by atoms with Crippen molar-refractivity contribution in [1.82, 2.24) is 0 Å². The summed E-state index contributed by atoms with van der Waals surface area (Å²) in [5, 5.41) is 0. The largest absolute Gasteiger partial charge is 0.460 e. The lowest BCUT2D eigenvalue weighted by Gasteiger charge is -2.03. The molecule has 3 aromatic rings. The first kappa shape index (κ1) is 15.9. The van der Waals surface area contributed by atoms with Crippen LogP contribution in [0.1, 0.15) is 31.1 Å². The predicted octanol–water partition coefficient (Wildman–Crippen LogP) is 6.75. The van der Waals surface area contributed by atoms with Gasteiger partial charge in [0.1, 0.15) is 11.5 Å². The minimum Gasteiger partial charge on any atom is -0.460 e. The number of hydrogen-bond donors (Lipinski definition) is 0. The molecule has 0 atom stereocenters. The van der Waals surface area contributed by atoms with E-state index in [0.29, 0.717) is 0 Å². The molecule has 2 heteroatoms. The van der Waals surface area contributed by atoms with Crippen LogP contribution in [0.2, 0.25) is 0 Å². The predicted molar refractivity (Wildman–Crippen MR) is 98.1 cm³/mol. The number of hydrogen-bond acceptors (Lipinski definition) is 2. The number of benzene rings is 2. The molecular formula is C21H22OS. The Morgan fingerprint density at radius 3 is 2.22 bits per heavy atom. The average Bonchev–Trinajstić information content (AvgIpc) is 2.91. The van der Waals surface area contributed by atoms with Crippen molar-refractivity contribution in [1.29, 1.82) is 0 Å². The minimum atomic E-state index is 0.999. The van der Waals surface area contributed by atoms with E-state index in [2.05, 4.69) is 68.4 Å². The maximum absolute atomic E-state index is 6.29. The highest BCUT2D eigenvalue weighted by Gasteiger charge is 2.18. The fourth-order valence-corrected chi connectivity index (χ4v) is 3.70. The molecule has 0 radical (unpaired) electrons. The Hall–Kier alpha value is -1.93.